The van der Waals surface area contributed by atoms with Crippen LogP contribution in [0.15, 0.2) is 54.7 Å². The van der Waals surface area contributed by atoms with Gasteiger partial charge in [-0.3, -0.25) is 0 Å². The van der Waals surface area contributed by atoms with Crippen molar-refractivity contribution in [2.24, 2.45) is 0 Å². The zero-order valence-electron chi connectivity index (χ0n) is 14.7. The Morgan fingerprint density at radius 2 is 1.76 bits per heavy atom. The highest BCUT2D eigenvalue weighted by molar-refractivity contribution is 5.89. The Balaban J connectivity index is 1.50. The number of nitrogens with zero attached hydrogens (tertiary/aromatic N) is 1. The summed E-state index contributed by atoms with van der Waals surface area (Å²) >= 11 is 0. The zero-order chi connectivity index (χ0) is 16.9. The summed E-state index contributed by atoms with van der Waals surface area (Å²) in [7, 11) is 0. The Labute approximate surface area is 149 Å². The summed E-state index contributed by atoms with van der Waals surface area (Å²) in [5, 5.41) is 1.25. The summed E-state index contributed by atoms with van der Waals surface area (Å²) in [6.07, 6.45) is 7.31. The van der Waals surface area contributed by atoms with Crippen LogP contribution in [0.4, 0.5) is 0 Å². The molecule has 4 rings (SSSR count). The van der Waals surface area contributed by atoms with E-state index in [1.165, 1.54) is 54.4 Å². The summed E-state index contributed by atoms with van der Waals surface area (Å²) < 4.78 is 6.16. The van der Waals surface area contributed by atoms with Crippen LogP contribution in [0.1, 0.15) is 30.4 Å². The fourth-order valence-corrected chi connectivity index (χ4v) is 3.73. The molecule has 0 aliphatic carbocycles. The van der Waals surface area contributed by atoms with Crippen LogP contribution < -0.4 is 4.74 Å². The molecule has 3 nitrogen and oxygen atoms in total. The molecule has 0 radical (unpaired) electrons. The van der Waals surface area contributed by atoms with Gasteiger partial charge in [0.15, 0.2) is 0 Å². The van der Waals surface area contributed by atoms with Crippen LogP contribution in [0.5, 0.6) is 5.75 Å². The van der Waals surface area contributed by atoms with Gasteiger partial charge in [0, 0.05) is 23.6 Å². The summed E-state index contributed by atoms with van der Waals surface area (Å²) in [6.45, 7) is 4.25. The molecular formula is C22H26N2O. The van der Waals surface area contributed by atoms with Crippen molar-refractivity contribution in [2.45, 2.75) is 32.3 Å². The van der Waals surface area contributed by atoms with Crippen molar-refractivity contribution in [2.75, 3.05) is 19.6 Å². The smallest absolute Gasteiger partial charge is 0.129 e. The number of ether oxygens (including phenoxy) is 1. The Kier molecular flexibility index (Phi) is 5.03. The lowest BCUT2D eigenvalue weighted by atomic mass is 10.1. The molecule has 1 aliphatic rings. The van der Waals surface area contributed by atoms with Gasteiger partial charge in [0.05, 0.1) is 0 Å². The number of hydrogen-bond acceptors (Lipinski definition) is 2. The topological polar surface area (TPSA) is 28.3 Å². The van der Waals surface area contributed by atoms with Gasteiger partial charge in [0.1, 0.15) is 12.4 Å². The van der Waals surface area contributed by atoms with E-state index < -0.39 is 0 Å². The molecular weight excluding hydrogens is 308 g/mol. The third-order valence-electron chi connectivity index (χ3n) is 5.13. The molecule has 2 heterocycles. The van der Waals surface area contributed by atoms with Crippen LogP contribution in [-0.2, 0) is 13.0 Å². The van der Waals surface area contributed by atoms with E-state index in [0.29, 0.717) is 6.61 Å². The summed E-state index contributed by atoms with van der Waals surface area (Å²) in [6, 6.07) is 16.6. The molecule has 1 aromatic heterocycles. The van der Waals surface area contributed by atoms with Crippen LogP contribution in [0.2, 0.25) is 0 Å². The molecule has 1 fully saturated rings. The first-order valence-electron chi connectivity index (χ1n) is 9.38. The molecule has 1 N–H and O–H groups in total. The summed E-state index contributed by atoms with van der Waals surface area (Å²) in [5.74, 6) is 0.983. The normalized spacial score (nSPS) is 15.5. The molecule has 0 bridgehead atoms. The van der Waals surface area contributed by atoms with E-state index in [2.05, 4.69) is 58.5 Å². The van der Waals surface area contributed by atoms with Crippen LogP contribution in [0.25, 0.3) is 10.9 Å². The number of nitrogens with one attached hydrogen (secondary N) is 1. The standard InChI is InChI=1S/C22H26N2O/c1-3-8-18(9-4-1)17-25-21-11-7-10-20-22(21)19(16-23-20)12-15-24-13-5-2-6-14-24/h1,3-4,7-11,16,23H,2,5-6,12-15,17H2. The lowest BCUT2D eigenvalue weighted by Gasteiger charge is -2.26. The van der Waals surface area contributed by atoms with Gasteiger partial charge in [-0.25, -0.2) is 0 Å². The van der Waals surface area contributed by atoms with Gasteiger partial charge in [-0.15, -0.1) is 0 Å². The average Bonchev–Trinajstić information content (AvgIpc) is 3.10. The van der Waals surface area contributed by atoms with E-state index in [-0.39, 0.29) is 0 Å². The highest BCUT2D eigenvalue weighted by atomic mass is 16.5. The maximum absolute atomic E-state index is 6.16. The van der Waals surface area contributed by atoms with Gasteiger partial charge in [0.2, 0.25) is 0 Å². The van der Waals surface area contributed by atoms with Crippen molar-refractivity contribution in [3.8, 4) is 5.75 Å². The highest BCUT2D eigenvalue weighted by Crippen LogP contribution is 2.30. The second-order valence-electron chi connectivity index (χ2n) is 6.92. The first-order chi connectivity index (χ1) is 12.4. The molecule has 3 aromatic rings. The molecule has 0 atom stereocenters. The molecule has 0 amide bonds. The van der Waals surface area contributed by atoms with Crippen LogP contribution in [0.3, 0.4) is 0 Å². The van der Waals surface area contributed by atoms with Gasteiger partial charge in [-0.2, -0.15) is 0 Å². The molecule has 0 saturated carbocycles. The quantitative estimate of drug-likeness (QED) is 0.703. The van der Waals surface area contributed by atoms with Gasteiger partial charge in [-0.05, 0) is 55.6 Å². The number of aromatic amines is 1. The van der Waals surface area contributed by atoms with Gasteiger partial charge in [-0.1, -0.05) is 42.8 Å². The maximum atomic E-state index is 6.16. The second kappa shape index (κ2) is 7.75. The van der Waals surface area contributed by atoms with E-state index in [1.807, 2.05) is 6.07 Å². The second-order valence-corrected chi connectivity index (χ2v) is 6.92. The SMILES string of the molecule is c1ccc(COc2cccc3[nH]cc(CCN4CCCCC4)c23)cc1. The number of piperidine rings is 1. The van der Waals surface area contributed by atoms with Crippen molar-refractivity contribution in [1.82, 2.24) is 9.88 Å². The number of hydrogen-bond donors (Lipinski definition) is 1. The minimum Gasteiger partial charge on any atom is -0.488 e. The minimum atomic E-state index is 0.608. The molecule has 2 aromatic carbocycles. The fraction of sp³-hybridized carbons (Fsp3) is 0.364. The number of aromatic nitrogens is 1. The number of rotatable bonds is 6. The lowest BCUT2D eigenvalue weighted by molar-refractivity contribution is 0.231. The Bertz CT molecular complexity index is 803. The monoisotopic (exact) mass is 334 g/mol. The largest absolute Gasteiger partial charge is 0.488 e. The van der Waals surface area contributed by atoms with E-state index in [1.54, 1.807) is 0 Å². The zero-order valence-corrected chi connectivity index (χ0v) is 14.7. The van der Waals surface area contributed by atoms with Crippen molar-refractivity contribution in [1.29, 1.82) is 0 Å². The predicted octanol–water partition coefficient (Wildman–Crippen LogP) is 4.78. The van der Waals surface area contributed by atoms with Crippen molar-refractivity contribution < 1.29 is 4.74 Å². The Morgan fingerprint density at radius 3 is 2.60 bits per heavy atom. The first kappa shape index (κ1) is 16.2. The fourth-order valence-electron chi connectivity index (χ4n) is 3.73. The molecule has 0 unspecified atom stereocenters. The third-order valence-corrected chi connectivity index (χ3v) is 5.13. The van der Waals surface area contributed by atoms with E-state index in [9.17, 15) is 0 Å². The number of likely N-dealkylation sites (tertiary alicyclic amines) is 1. The van der Waals surface area contributed by atoms with Gasteiger partial charge in [0.25, 0.3) is 0 Å². The molecule has 1 aliphatic heterocycles. The summed E-state index contributed by atoms with van der Waals surface area (Å²) in [5.41, 5.74) is 3.73. The number of benzene rings is 2. The Hall–Kier alpha value is -2.26. The lowest BCUT2D eigenvalue weighted by Crippen LogP contribution is -2.31. The Morgan fingerprint density at radius 1 is 0.920 bits per heavy atom. The van der Waals surface area contributed by atoms with Crippen LogP contribution in [0, 0.1) is 0 Å². The van der Waals surface area contributed by atoms with Gasteiger partial charge < -0.3 is 14.6 Å². The molecule has 130 valence electrons. The van der Waals surface area contributed by atoms with E-state index in [0.717, 1.165) is 18.7 Å². The highest BCUT2D eigenvalue weighted by Gasteiger charge is 2.13. The van der Waals surface area contributed by atoms with Crippen molar-refractivity contribution >= 4 is 10.9 Å². The molecule has 25 heavy (non-hydrogen) atoms. The van der Waals surface area contributed by atoms with Crippen molar-refractivity contribution in [3.63, 3.8) is 0 Å². The number of fused-ring (bicyclic) bond motifs is 1. The molecule has 0 spiro atoms. The number of H-pyrrole nitrogens is 1. The van der Waals surface area contributed by atoms with Gasteiger partial charge >= 0.3 is 0 Å². The molecule has 1 saturated heterocycles. The minimum absolute atomic E-state index is 0.608. The first-order valence-corrected chi connectivity index (χ1v) is 9.38. The predicted molar refractivity (Wildman–Crippen MR) is 103 cm³/mol. The van der Waals surface area contributed by atoms with Crippen molar-refractivity contribution in [3.05, 3.63) is 65.9 Å². The third kappa shape index (κ3) is 3.88. The van der Waals surface area contributed by atoms with E-state index >= 15 is 0 Å². The maximum Gasteiger partial charge on any atom is 0.129 e. The van der Waals surface area contributed by atoms with Crippen LogP contribution >= 0.6 is 0 Å². The average molecular weight is 334 g/mol. The summed E-state index contributed by atoms with van der Waals surface area (Å²) in [4.78, 5) is 6.01. The van der Waals surface area contributed by atoms with Crippen LogP contribution in [-0.4, -0.2) is 29.5 Å². The molecule has 3 heteroatoms. The van der Waals surface area contributed by atoms with E-state index in [4.69, 9.17) is 4.74 Å².